The van der Waals surface area contributed by atoms with Crippen LogP contribution in [0.15, 0.2) is 0 Å². The molecule has 3 unspecified atom stereocenters. The average Bonchev–Trinajstić information content (AvgIpc) is 2.29. The normalized spacial score (nSPS) is 27.4. The Hall–Kier alpha value is -0.610. The summed E-state index contributed by atoms with van der Waals surface area (Å²) in [6, 6.07) is 0.677. The van der Waals surface area contributed by atoms with E-state index in [0.717, 1.165) is 25.8 Å². The van der Waals surface area contributed by atoms with Gasteiger partial charge in [-0.3, -0.25) is 4.79 Å². The van der Waals surface area contributed by atoms with Crippen LogP contribution >= 0.6 is 0 Å². The number of carbonyl (C=O) groups excluding carboxylic acids is 1. The Morgan fingerprint density at radius 3 is 3.00 bits per heavy atom. The van der Waals surface area contributed by atoms with Crippen molar-refractivity contribution in [2.45, 2.75) is 57.7 Å². The number of amides is 1. The lowest BCUT2D eigenvalue weighted by molar-refractivity contribution is -0.122. The van der Waals surface area contributed by atoms with Gasteiger partial charge in [-0.15, -0.1) is 0 Å². The standard InChI is InChI=1S/C12H24N2O2/c1-9(16-3)6-7-12(15)14-11-5-4-8-13-10(11)2/h9-11,13H,4-8H2,1-3H3,(H,14,15). The van der Waals surface area contributed by atoms with Crippen LogP contribution < -0.4 is 10.6 Å². The maximum Gasteiger partial charge on any atom is 0.220 e. The Bertz CT molecular complexity index is 221. The van der Waals surface area contributed by atoms with Crippen LogP contribution in [-0.4, -0.2) is 37.7 Å². The minimum absolute atomic E-state index is 0.143. The molecule has 0 spiro atoms. The van der Waals surface area contributed by atoms with E-state index in [1.807, 2.05) is 6.92 Å². The van der Waals surface area contributed by atoms with E-state index >= 15 is 0 Å². The highest BCUT2D eigenvalue weighted by Gasteiger charge is 2.22. The first kappa shape index (κ1) is 13.5. The first-order valence-electron chi connectivity index (χ1n) is 6.19. The second-order valence-electron chi connectivity index (χ2n) is 4.64. The molecule has 1 rings (SSSR count). The van der Waals surface area contributed by atoms with E-state index in [1.54, 1.807) is 7.11 Å². The second-order valence-corrected chi connectivity index (χ2v) is 4.64. The molecule has 0 saturated carbocycles. The van der Waals surface area contributed by atoms with Crippen LogP contribution in [0.25, 0.3) is 0 Å². The molecule has 0 aromatic rings. The van der Waals surface area contributed by atoms with Crippen LogP contribution in [0.5, 0.6) is 0 Å². The van der Waals surface area contributed by atoms with Gasteiger partial charge in [0.2, 0.25) is 5.91 Å². The topological polar surface area (TPSA) is 50.4 Å². The zero-order chi connectivity index (χ0) is 12.0. The Morgan fingerprint density at radius 2 is 2.38 bits per heavy atom. The van der Waals surface area contributed by atoms with Gasteiger partial charge < -0.3 is 15.4 Å². The van der Waals surface area contributed by atoms with Gasteiger partial charge >= 0.3 is 0 Å². The molecule has 16 heavy (non-hydrogen) atoms. The molecule has 1 amide bonds. The van der Waals surface area contributed by atoms with Crippen LogP contribution in [0.3, 0.4) is 0 Å². The van der Waals surface area contributed by atoms with Crippen molar-refractivity contribution in [2.75, 3.05) is 13.7 Å². The molecule has 1 aliphatic heterocycles. The summed E-state index contributed by atoms with van der Waals surface area (Å²) in [5.41, 5.74) is 0. The third-order valence-corrected chi connectivity index (χ3v) is 3.29. The zero-order valence-electron chi connectivity index (χ0n) is 10.6. The summed E-state index contributed by atoms with van der Waals surface area (Å²) in [5.74, 6) is 0.143. The summed E-state index contributed by atoms with van der Waals surface area (Å²) in [6.45, 7) is 5.17. The van der Waals surface area contributed by atoms with E-state index in [0.29, 0.717) is 18.5 Å². The second kappa shape index (κ2) is 6.86. The summed E-state index contributed by atoms with van der Waals surface area (Å²) >= 11 is 0. The van der Waals surface area contributed by atoms with Crippen molar-refractivity contribution in [1.29, 1.82) is 0 Å². The molecule has 4 nitrogen and oxygen atoms in total. The molecule has 2 N–H and O–H groups in total. The molecule has 1 heterocycles. The van der Waals surface area contributed by atoms with Crippen LogP contribution in [-0.2, 0) is 9.53 Å². The summed E-state index contributed by atoms with van der Waals surface area (Å²) in [7, 11) is 1.68. The van der Waals surface area contributed by atoms with Gasteiger partial charge in [-0.2, -0.15) is 0 Å². The van der Waals surface area contributed by atoms with Crippen molar-refractivity contribution < 1.29 is 9.53 Å². The average molecular weight is 228 g/mol. The molecule has 0 aromatic heterocycles. The lowest BCUT2D eigenvalue weighted by Gasteiger charge is -2.30. The minimum atomic E-state index is 0.143. The van der Waals surface area contributed by atoms with Crippen molar-refractivity contribution in [2.24, 2.45) is 0 Å². The van der Waals surface area contributed by atoms with Gasteiger partial charge in [0, 0.05) is 25.6 Å². The number of hydrogen-bond acceptors (Lipinski definition) is 3. The highest BCUT2D eigenvalue weighted by Crippen LogP contribution is 2.09. The summed E-state index contributed by atoms with van der Waals surface area (Å²) in [5, 5.41) is 6.47. The molecule has 0 aliphatic carbocycles. The predicted molar refractivity (Wildman–Crippen MR) is 64.3 cm³/mol. The predicted octanol–water partition coefficient (Wildman–Crippen LogP) is 1.06. The number of hydrogen-bond donors (Lipinski definition) is 2. The first-order chi connectivity index (χ1) is 7.63. The fraction of sp³-hybridized carbons (Fsp3) is 0.917. The molecule has 1 saturated heterocycles. The fourth-order valence-electron chi connectivity index (χ4n) is 1.97. The molecule has 0 radical (unpaired) electrons. The van der Waals surface area contributed by atoms with Crippen LogP contribution in [0.1, 0.15) is 39.5 Å². The summed E-state index contributed by atoms with van der Waals surface area (Å²) in [6.07, 6.45) is 3.73. The number of ether oxygens (including phenoxy) is 1. The van der Waals surface area contributed by atoms with E-state index in [4.69, 9.17) is 4.74 Å². The van der Waals surface area contributed by atoms with Crippen molar-refractivity contribution in [3.05, 3.63) is 0 Å². The minimum Gasteiger partial charge on any atom is -0.382 e. The van der Waals surface area contributed by atoms with Crippen LogP contribution in [0.4, 0.5) is 0 Å². The van der Waals surface area contributed by atoms with E-state index < -0.39 is 0 Å². The van der Waals surface area contributed by atoms with Crippen molar-refractivity contribution in [1.82, 2.24) is 10.6 Å². The maximum absolute atomic E-state index is 11.7. The van der Waals surface area contributed by atoms with Crippen molar-refractivity contribution in [3.8, 4) is 0 Å². The third kappa shape index (κ3) is 4.49. The number of methoxy groups -OCH3 is 1. The van der Waals surface area contributed by atoms with Crippen LogP contribution in [0, 0.1) is 0 Å². The molecule has 1 fully saturated rings. The van der Waals surface area contributed by atoms with Crippen molar-refractivity contribution >= 4 is 5.91 Å². The Kier molecular flexibility index (Phi) is 5.77. The Balaban J connectivity index is 2.22. The number of piperidine rings is 1. The lowest BCUT2D eigenvalue weighted by Crippen LogP contribution is -2.51. The lowest BCUT2D eigenvalue weighted by atomic mass is 9.99. The first-order valence-corrected chi connectivity index (χ1v) is 6.19. The SMILES string of the molecule is COC(C)CCC(=O)NC1CCCNC1C. The molecule has 94 valence electrons. The summed E-state index contributed by atoms with van der Waals surface area (Å²) in [4.78, 5) is 11.7. The molecule has 3 atom stereocenters. The maximum atomic E-state index is 11.7. The van der Waals surface area contributed by atoms with Crippen molar-refractivity contribution in [3.63, 3.8) is 0 Å². The zero-order valence-corrected chi connectivity index (χ0v) is 10.6. The van der Waals surface area contributed by atoms with Gasteiger partial charge in [0.1, 0.15) is 0 Å². The molecule has 1 aliphatic rings. The Labute approximate surface area is 98.1 Å². The van der Waals surface area contributed by atoms with Gasteiger partial charge in [-0.1, -0.05) is 0 Å². The Morgan fingerprint density at radius 1 is 1.62 bits per heavy atom. The molecular formula is C12H24N2O2. The van der Waals surface area contributed by atoms with E-state index in [1.165, 1.54) is 0 Å². The molecule has 4 heteroatoms. The molecule has 0 aromatic carbocycles. The fourth-order valence-corrected chi connectivity index (χ4v) is 1.97. The van der Waals surface area contributed by atoms with Crippen LogP contribution in [0.2, 0.25) is 0 Å². The number of nitrogens with one attached hydrogen (secondary N) is 2. The number of carbonyl (C=O) groups is 1. The molecule has 0 bridgehead atoms. The van der Waals surface area contributed by atoms with Gasteiger partial charge in [-0.05, 0) is 39.7 Å². The van der Waals surface area contributed by atoms with Gasteiger partial charge in [0.25, 0.3) is 0 Å². The van der Waals surface area contributed by atoms with E-state index in [9.17, 15) is 4.79 Å². The third-order valence-electron chi connectivity index (χ3n) is 3.29. The highest BCUT2D eigenvalue weighted by atomic mass is 16.5. The van der Waals surface area contributed by atoms with E-state index in [2.05, 4.69) is 17.6 Å². The monoisotopic (exact) mass is 228 g/mol. The van der Waals surface area contributed by atoms with Gasteiger partial charge in [0.15, 0.2) is 0 Å². The van der Waals surface area contributed by atoms with Gasteiger partial charge in [0.05, 0.1) is 6.10 Å². The number of rotatable bonds is 5. The quantitative estimate of drug-likeness (QED) is 0.739. The summed E-state index contributed by atoms with van der Waals surface area (Å²) < 4.78 is 5.12. The molecular weight excluding hydrogens is 204 g/mol. The smallest absolute Gasteiger partial charge is 0.220 e. The van der Waals surface area contributed by atoms with E-state index in [-0.39, 0.29) is 12.0 Å². The van der Waals surface area contributed by atoms with Gasteiger partial charge in [-0.25, -0.2) is 0 Å². The highest BCUT2D eigenvalue weighted by molar-refractivity contribution is 5.76. The largest absolute Gasteiger partial charge is 0.382 e.